The average Bonchev–Trinajstić information content (AvgIpc) is 3.26. The second-order valence-electron chi connectivity index (χ2n) is 7.90. The molecule has 0 saturated carbocycles. The van der Waals surface area contributed by atoms with Crippen LogP contribution in [0.4, 0.5) is 24.5 Å². The number of carbonyl (C=O) groups excluding carboxylic acids is 2. The zero-order valence-electron chi connectivity index (χ0n) is 18.8. The van der Waals surface area contributed by atoms with Crippen molar-refractivity contribution >= 4 is 40.5 Å². The molecule has 1 aliphatic heterocycles. The van der Waals surface area contributed by atoms with Crippen molar-refractivity contribution in [3.63, 3.8) is 0 Å². The number of imide groups is 1. The number of aliphatic hydroxyl groups is 1. The lowest BCUT2D eigenvalue weighted by molar-refractivity contribution is -0.117. The minimum atomic E-state index is -1.34. The third-order valence-corrected chi connectivity index (χ3v) is 6.52. The summed E-state index contributed by atoms with van der Waals surface area (Å²) in [4.78, 5) is 39.0. The lowest BCUT2D eigenvalue weighted by Gasteiger charge is -2.27. The van der Waals surface area contributed by atoms with Gasteiger partial charge < -0.3 is 19.8 Å². The number of nitrogens with zero attached hydrogens (tertiary/aromatic N) is 2. The number of carboxylic acids is 1. The van der Waals surface area contributed by atoms with Crippen molar-refractivity contribution in [2.45, 2.75) is 13.0 Å². The third-order valence-electron chi connectivity index (χ3n) is 5.50. The Morgan fingerprint density at radius 3 is 2.58 bits per heavy atom. The maximum Gasteiger partial charge on any atom is 0.346 e. The molecule has 8 nitrogen and oxygen atoms in total. The van der Waals surface area contributed by atoms with Gasteiger partial charge in [-0.1, -0.05) is 6.07 Å². The van der Waals surface area contributed by atoms with Gasteiger partial charge in [-0.05, 0) is 40.8 Å². The zero-order chi connectivity index (χ0) is 26.1. The molecule has 2 heterocycles. The summed E-state index contributed by atoms with van der Waals surface area (Å²) in [6.45, 7) is -0.616. The Morgan fingerprint density at radius 2 is 1.89 bits per heavy atom. The smallest absolute Gasteiger partial charge is 0.346 e. The minimum absolute atomic E-state index is 0.0274. The summed E-state index contributed by atoms with van der Waals surface area (Å²) in [5, 5.41) is 19.8. The second kappa shape index (κ2) is 9.99. The first-order valence-corrected chi connectivity index (χ1v) is 11.4. The number of aromatic carboxylic acids is 1. The number of carboxylic acid groups (broad SMARTS) is 1. The molecule has 2 N–H and O–H groups in total. The van der Waals surface area contributed by atoms with Crippen LogP contribution in [0.25, 0.3) is 0 Å². The highest BCUT2D eigenvalue weighted by atomic mass is 32.1. The fourth-order valence-electron chi connectivity index (χ4n) is 3.96. The SMILES string of the molecule is CN(Cc1ccc(F)c(N2C(=O)Cc3csc(C(=O)O)c3C2=O)c1)c1c(OCCO)ccc(F)c1F. The van der Waals surface area contributed by atoms with Crippen LogP contribution < -0.4 is 14.5 Å². The molecule has 36 heavy (non-hydrogen) atoms. The molecular weight excluding hydrogens is 501 g/mol. The first kappa shape index (κ1) is 25.2. The molecule has 1 aliphatic rings. The van der Waals surface area contributed by atoms with Gasteiger partial charge >= 0.3 is 5.97 Å². The van der Waals surface area contributed by atoms with Crippen LogP contribution in [-0.2, 0) is 17.8 Å². The molecule has 4 rings (SSSR count). The van der Waals surface area contributed by atoms with E-state index in [0.29, 0.717) is 10.5 Å². The van der Waals surface area contributed by atoms with E-state index in [0.717, 1.165) is 23.5 Å². The van der Waals surface area contributed by atoms with Crippen LogP contribution in [0.3, 0.4) is 0 Å². The molecule has 0 saturated heterocycles. The molecule has 2 aromatic carbocycles. The summed E-state index contributed by atoms with van der Waals surface area (Å²) in [6.07, 6.45) is -0.283. The highest BCUT2D eigenvalue weighted by Crippen LogP contribution is 2.35. The Balaban J connectivity index is 1.68. The van der Waals surface area contributed by atoms with E-state index in [4.69, 9.17) is 9.84 Å². The minimum Gasteiger partial charge on any atom is -0.489 e. The number of ether oxygens (including phenoxy) is 1. The normalized spacial score (nSPS) is 13.1. The van der Waals surface area contributed by atoms with Crippen LogP contribution in [0.2, 0.25) is 0 Å². The van der Waals surface area contributed by atoms with Gasteiger partial charge in [-0.3, -0.25) is 9.59 Å². The van der Waals surface area contributed by atoms with Crippen LogP contribution in [-0.4, -0.2) is 48.3 Å². The number of thiophene rings is 1. The van der Waals surface area contributed by atoms with Gasteiger partial charge in [-0.2, -0.15) is 0 Å². The van der Waals surface area contributed by atoms with Gasteiger partial charge in [0.15, 0.2) is 11.6 Å². The number of carbonyl (C=O) groups is 3. The number of halogens is 3. The van der Waals surface area contributed by atoms with E-state index in [-0.39, 0.29) is 59.3 Å². The van der Waals surface area contributed by atoms with E-state index in [2.05, 4.69) is 0 Å². The van der Waals surface area contributed by atoms with E-state index in [9.17, 15) is 32.7 Å². The fourth-order valence-corrected chi connectivity index (χ4v) is 4.86. The number of aliphatic hydroxyl groups excluding tert-OH is 1. The summed E-state index contributed by atoms with van der Waals surface area (Å²) in [7, 11) is 1.43. The van der Waals surface area contributed by atoms with E-state index < -0.39 is 35.2 Å². The second-order valence-corrected chi connectivity index (χ2v) is 8.78. The number of hydrogen-bond acceptors (Lipinski definition) is 7. The number of fused-ring (bicyclic) bond motifs is 1. The summed E-state index contributed by atoms with van der Waals surface area (Å²) in [5.41, 5.74) is -0.201. The first-order chi connectivity index (χ1) is 17.1. The Hall–Kier alpha value is -3.90. The number of rotatable bonds is 8. The number of anilines is 2. The molecule has 0 radical (unpaired) electrons. The molecule has 0 atom stereocenters. The quantitative estimate of drug-likeness (QED) is 0.437. The first-order valence-electron chi connectivity index (χ1n) is 10.6. The summed E-state index contributed by atoms with van der Waals surface area (Å²) >= 11 is 0.806. The number of hydrogen-bond donors (Lipinski definition) is 2. The molecule has 3 aromatic rings. The van der Waals surface area contributed by atoms with Crippen LogP contribution in [0.1, 0.15) is 31.2 Å². The molecule has 0 bridgehead atoms. The molecule has 0 unspecified atom stereocenters. The Kier molecular flexibility index (Phi) is 7.00. The summed E-state index contributed by atoms with van der Waals surface area (Å²) in [5.74, 6) is -6.28. The van der Waals surface area contributed by atoms with Crippen molar-refractivity contribution in [1.82, 2.24) is 0 Å². The highest BCUT2D eigenvalue weighted by Gasteiger charge is 2.38. The summed E-state index contributed by atoms with van der Waals surface area (Å²) in [6, 6.07) is 5.67. The van der Waals surface area contributed by atoms with Gasteiger partial charge in [-0.15, -0.1) is 11.3 Å². The maximum atomic E-state index is 14.8. The van der Waals surface area contributed by atoms with Crippen LogP contribution in [0.15, 0.2) is 35.7 Å². The van der Waals surface area contributed by atoms with Gasteiger partial charge in [-0.25, -0.2) is 22.9 Å². The fraction of sp³-hybridized carbons (Fsp3) is 0.208. The summed E-state index contributed by atoms with van der Waals surface area (Å²) < 4.78 is 48.7. The third kappa shape index (κ3) is 4.52. The molecule has 188 valence electrons. The lowest BCUT2D eigenvalue weighted by atomic mass is 10.00. The van der Waals surface area contributed by atoms with Gasteiger partial charge in [0.2, 0.25) is 5.91 Å². The monoisotopic (exact) mass is 520 g/mol. The van der Waals surface area contributed by atoms with Gasteiger partial charge in [0.1, 0.15) is 28.7 Å². The van der Waals surface area contributed by atoms with Crippen LogP contribution >= 0.6 is 11.3 Å². The zero-order valence-corrected chi connectivity index (χ0v) is 19.6. The molecular formula is C24H19F3N2O6S. The molecule has 0 fully saturated rings. The molecule has 0 aliphatic carbocycles. The van der Waals surface area contributed by atoms with E-state index in [1.807, 2.05) is 0 Å². The van der Waals surface area contributed by atoms with Crippen molar-refractivity contribution < 1.29 is 42.5 Å². The van der Waals surface area contributed by atoms with Gasteiger partial charge in [0.05, 0.1) is 24.3 Å². The maximum absolute atomic E-state index is 14.8. The Morgan fingerprint density at radius 1 is 1.17 bits per heavy atom. The Labute approximate surface area is 206 Å². The number of amides is 2. The standard InChI is InChI=1S/C24H19F3N2O6S/c1-28(21-17(35-7-6-30)5-4-15(26)20(21)27)10-12-2-3-14(25)16(8-12)29-18(31)9-13-11-36-22(24(33)34)19(13)23(29)32/h2-5,8,11,30H,6-7,9-10H2,1H3,(H,33,34). The van der Waals surface area contributed by atoms with Crippen LogP contribution in [0, 0.1) is 17.5 Å². The van der Waals surface area contributed by atoms with E-state index in [1.54, 1.807) is 0 Å². The van der Waals surface area contributed by atoms with E-state index >= 15 is 0 Å². The van der Waals surface area contributed by atoms with E-state index in [1.165, 1.54) is 35.5 Å². The van der Waals surface area contributed by atoms with Crippen molar-refractivity contribution in [2.75, 3.05) is 30.1 Å². The molecule has 0 spiro atoms. The van der Waals surface area contributed by atoms with Gasteiger partial charge in [0, 0.05) is 13.6 Å². The molecule has 12 heteroatoms. The van der Waals surface area contributed by atoms with Crippen molar-refractivity contribution in [2.24, 2.45) is 0 Å². The topological polar surface area (TPSA) is 107 Å². The van der Waals surface area contributed by atoms with Crippen molar-refractivity contribution in [3.8, 4) is 5.75 Å². The Bertz CT molecular complexity index is 1380. The lowest BCUT2D eigenvalue weighted by Crippen LogP contribution is -2.43. The van der Waals surface area contributed by atoms with Gasteiger partial charge in [0.25, 0.3) is 5.91 Å². The highest BCUT2D eigenvalue weighted by molar-refractivity contribution is 7.12. The molecule has 2 amide bonds. The predicted molar refractivity (Wildman–Crippen MR) is 124 cm³/mol. The van der Waals surface area contributed by atoms with Crippen LogP contribution in [0.5, 0.6) is 5.75 Å². The van der Waals surface area contributed by atoms with Crippen molar-refractivity contribution in [1.29, 1.82) is 0 Å². The largest absolute Gasteiger partial charge is 0.489 e. The number of benzene rings is 2. The average molecular weight is 520 g/mol. The predicted octanol–water partition coefficient (Wildman–Crippen LogP) is 3.60. The van der Waals surface area contributed by atoms with Crippen molar-refractivity contribution in [3.05, 3.63) is 74.7 Å². The molecule has 1 aromatic heterocycles.